The Balaban J connectivity index is 1.98. The smallest absolute Gasteiger partial charge is 0.356 e. The first-order valence-electron chi connectivity index (χ1n) is 5.89. The lowest BCUT2D eigenvalue weighted by Crippen LogP contribution is -2.49. The fourth-order valence-corrected chi connectivity index (χ4v) is 2.05. The maximum atomic E-state index is 11.7. The molecule has 0 aromatic carbocycles. The number of hydrogen-bond donors (Lipinski definition) is 2. The zero-order valence-electron chi connectivity index (χ0n) is 10.2. The highest BCUT2D eigenvalue weighted by atomic mass is 16.4. The Labute approximate surface area is 112 Å². The zero-order chi connectivity index (χ0) is 14.3. The first kappa shape index (κ1) is 12.2. The number of carboxylic acid groups (broad SMARTS) is 1. The highest BCUT2D eigenvalue weighted by Crippen LogP contribution is 2.18. The van der Waals surface area contributed by atoms with E-state index in [0.717, 1.165) is 0 Å². The summed E-state index contributed by atoms with van der Waals surface area (Å²) in [7, 11) is 0. The van der Waals surface area contributed by atoms with E-state index in [4.69, 9.17) is 5.11 Å². The van der Waals surface area contributed by atoms with Gasteiger partial charge < -0.3 is 5.11 Å². The summed E-state index contributed by atoms with van der Waals surface area (Å²) in [5.41, 5.74) is 1.09. The van der Waals surface area contributed by atoms with Crippen molar-refractivity contribution < 1.29 is 19.5 Å². The molecule has 0 atom stereocenters. The van der Waals surface area contributed by atoms with Crippen molar-refractivity contribution in [3.63, 3.8) is 0 Å². The van der Waals surface area contributed by atoms with Crippen molar-refractivity contribution in [2.24, 2.45) is 0 Å². The first-order valence-corrected chi connectivity index (χ1v) is 5.89. The van der Waals surface area contributed by atoms with Crippen molar-refractivity contribution in [2.45, 2.75) is 6.42 Å². The topological polar surface area (TPSA) is 104 Å². The van der Waals surface area contributed by atoms with Crippen molar-refractivity contribution in [1.82, 2.24) is 14.9 Å². The van der Waals surface area contributed by atoms with E-state index in [1.807, 2.05) is 0 Å². The van der Waals surface area contributed by atoms with Gasteiger partial charge in [0.05, 0.1) is 17.4 Å². The minimum atomic E-state index is -1.11. The van der Waals surface area contributed by atoms with Crippen LogP contribution < -0.4 is 10.2 Å². The van der Waals surface area contributed by atoms with E-state index in [9.17, 15) is 14.4 Å². The summed E-state index contributed by atoms with van der Waals surface area (Å²) < 4.78 is 1.39. The van der Waals surface area contributed by atoms with Crippen LogP contribution in [0.15, 0.2) is 24.4 Å². The summed E-state index contributed by atoms with van der Waals surface area (Å²) in [5.74, 6) is -1.42. The van der Waals surface area contributed by atoms with Crippen LogP contribution in [-0.2, 0) is 4.79 Å². The average molecular weight is 274 g/mol. The number of amides is 3. The summed E-state index contributed by atoms with van der Waals surface area (Å²) >= 11 is 0. The number of hydrogen-bond acceptors (Lipinski definition) is 4. The van der Waals surface area contributed by atoms with E-state index in [1.165, 1.54) is 15.5 Å². The van der Waals surface area contributed by atoms with Crippen molar-refractivity contribution in [3.05, 3.63) is 30.1 Å². The summed E-state index contributed by atoms with van der Waals surface area (Å²) in [5, 5.41) is 15.0. The Morgan fingerprint density at radius 1 is 1.35 bits per heavy atom. The first-order chi connectivity index (χ1) is 9.54. The Kier molecular flexibility index (Phi) is 2.63. The molecule has 2 aromatic heterocycles. The molecule has 3 heterocycles. The van der Waals surface area contributed by atoms with Gasteiger partial charge in [-0.05, 0) is 18.2 Å². The van der Waals surface area contributed by atoms with Gasteiger partial charge in [0.25, 0.3) is 0 Å². The van der Waals surface area contributed by atoms with Crippen molar-refractivity contribution in [3.8, 4) is 0 Å². The SMILES string of the molecule is O=C1CCN(c2ccc3cc(C(=O)O)nn3c2)C(=O)N1. The molecule has 8 nitrogen and oxygen atoms in total. The standard InChI is InChI=1S/C12H10N4O4/c17-10-3-4-15(12(20)13-10)8-2-1-7-5-9(11(18)19)14-16(7)6-8/h1-2,5-6H,3-4H2,(H,18,19)(H,13,17,20). The molecule has 1 saturated heterocycles. The van der Waals surface area contributed by atoms with E-state index in [0.29, 0.717) is 11.2 Å². The lowest BCUT2D eigenvalue weighted by molar-refractivity contribution is -0.120. The third-order valence-electron chi connectivity index (χ3n) is 3.03. The van der Waals surface area contributed by atoms with Crippen LogP contribution in [0.2, 0.25) is 0 Å². The molecule has 102 valence electrons. The third-order valence-corrected chi connectivity index (χ3v) is 3.03. The molecule has 8 heteroatoms. The molecule has 0 aliphatic carbocycles. The summed E-state index contributed by atoms with van der Waals surface area (Å²) in [6.45, 7) is 0.281. The van der Waals surface area contributed by atoms with E-state index in [2.05, 4.69) is 10.4 Å². The van der Waals surface area contributed by atoms with Crippen molar-refractivity contribution in [1.29, 1.82) is 0 Å². The van der Waals surface area contributed by atoms with Crippen LogP contribution >= 0.6 is 0 Å². The van der Waals surface area contributed by atoms with Gasteiger partial charge in [0.1, 0.15) is 0 Å². The zero-order valence-corrected chi connectivity index (χ0v) is 10.2. The number of aromatic nitrogens is 2. The number of nitrogens with one attached hydrogen (secondary N) is 1. The summed E-state index contributed by atoms with van der Waals surface area (Å²) in [4.78, 5) is 35.1. The largest absolute Gasteiger partial charge is 0.476 e. The second kappa shape index (κ2) is 4.34. The summed E-state index contributed by atoms with van der Waals surface area (Å²) in [6, 6.07) is 4.29. The predicted octanol–water partition coefficient (Wildman–Crippen LogP) is 0.479. The maximum Gasteiger partial charge on any atom is 0.356 e. The number of pyridine rings is 1. The molecule has 0 radical (unpaired) electrons. The van der Waals surface area contributed by atoms with E-state index >= 15 is 0 Å². The van der Waals surface area contributed by atoms with Gasteiger partial charge in [-0.15, -0.1) is 0 Å². The highest BCUT2D eigenvalue weighted by molar-refractivity contribution is 6.05. The highest BCUT2D eigenvalue weighted by Gasteiger charge is 2.24. The average Bonchev–Trinajstić information content (AvgIpc) is 2.81. The Bertz CT molecular complexity index is 736. The molecule has 1 aliphatic heterocycles. The van der Waals surface area contributed by atoms with E-state index in [1.54, 1.807) is 18.3 Å². The molecule has 0 bridgehead atoms. The molecular formula is C12H10N4O4. The number of imide groups is 1. The van der Waals surface area contributed by atoms with Gasteiger partial charge in [-0.25, -0.2) is 14.1 Å². The van der Waals surface area contributed by atoms with Crippen LogP contribution in [0.1, 0.15) is 16.9 Å². The summed E-state index contributed by atoms with van der Waals surface area (Å²) in [6.07, 6.45) is 1.78. The number of fused-ring (bicyclic) bond motifs is 1. The Morgan fingerprint density at radius 3 is 2.85 bits per heavy atom. The van der Waals surface area contributed by atoms with Crippen LogP contribution in [0.25, 0.3) is 5.52 Å². The molecule has 0 unspecified atom stereocenters. The lowest BCUT2D eigenvalue weighted by Gasteiger charge is -2.26. The molecule has 2 N–H and O–H groups in total. The number of rotatable bonds is 2. The Morgan fingerprint density at radius 2 is 2.15 bits per heavy atom. The van der Waals surface area contributed by atoms with Crippen LogP contribution in [0.5, 0.6) is 0 Å². The van der Waals surface area contributed by atoms with Gasteiger partial charge in [-0.3, -0.25) is 15.0 Å². The third kappa shape index (κ3) is 1.96. The number of anilines is 1. The van der Waals surface area contributed by atoms with Crippen molar-refractivity contribution >= 4 is 29.1 Å². The molecule has 1 fully saturated rings. The fraction of sp³-hybridized carbons (Fsp3) is 0.167. The molecule has 20 heavy (non-hydrogen) atoms. The molecule has 1 aliphatic rings. The van der Waals surface area contributed by atoms with E-state index < -0.39 is 12.0 Å². The van der Waals surface area contributed by atoms with Gasteiger partial charge in [0.15, 0.2) is 5.69 Å². The number of nitrogens with zero attached hydrogens (tertiary/aromatic N) is 3. The Hall–Kier alpha value is -2.90. The molecular weight excluding hydrogens is 264 g/mol. The number of carboxylic acids is 1. The van der Waals surface area contributed by atoms with Gasteiger partial charge in [-0.1, -0.05) is 0 Å². The second-order valence-electron chi connectivity index (χ2n) is 4.35. The van der Waals surface area contributed by atoms with Gasteiger partial charge in [0.2, 0.25) is 5.91 Å². The molecule has 3 rings (SSSR count). The minimum Gasteiger partial charge on any atom is -0.476 e. The monoisotopic (exact) mass is 274 g/mol. The molecule has 2 aromatic rings. The quantitative estimate of drug-likeness (QED) is 0.828. The number of carbonyl (C=O) groups is 3. The van der Waals surface area contributed by atoms with E-state index in [-0.39, 0.29) is 24.6 Å². The molecule has 0 spiro atoms. The van der Waals surface area contributed by atoms with Gasteiger partial charge in [0, 0.05) is 13.0 Å². The van der Waals surface area contributed by atoms with Crippen LogP contribution in [0.3, 0.4) is 0 Å². The van der Waals surface area contributed by atoms with Crippen molar-refractivity contribution in [2.75, 3.05) is 11.4 Å². The van der Waals surface area contributed by atoms with Crippen LogP contribution in [0, 0.1) is 0 Å². The molecule has 0 saturated carbocycles. The van der Waals surface area contributed by atoms with Crippen LogP contribution in [0.4, 0.5) is 10.5 Å². The number of carbonyl (C=O) groups excluding carboxylic acids is 2. The van der Waals surface area contributed by atoms with Crippen LogP contribution in [-0.4, -0.2) is 39.2 Å². The normalized spacial score (nSPS) is 15.5. The number of urea groups is 1. The van der Waals surface area contributed by atoms with Gasteiger partial charge >= 0.3 is 12.0 Å². The minimum absolute atomic E-state index is 0.0691. The second-order valence-corrected chi connectivity index (χ2v) is 4.35. The number of aromatic carboxylic acids is 1. The fourth-order valence-electron chi connectivity index (χ4n) is 2.05. The predicted molar refractivity (Wildman–Crippen MR) is 67.7 cm³/mol. The maximum absolute atomic E-state index is 11.7. The van der Waals surface area contributed by atoms with Gasteiger partial charge in [-0.2, -0.15) is 5.10 Å². The molecule has 3 amide bonds. The lowest BCUT2D eigenvalue weighted by atomic mass is 10.2.